The van der Waals surface area contributed by atoms with Crippen LogP contribution in [0.4, 0.5) is 0 Å². The lowest BCUT2D eigenvalue weighted by molar-refractivity contribution is -0.142. The molecule has 10 heteroatoms. The first-order valence-electron chi connectivity index (χ1n) is 9.84. The minimum absolute atomic E-state index is 0.212. The van der Waals surface area contributed by atoms with Gasteiger partial charge in [-0.1, -0.05) is 30.3 Å². The van der Waals surface area contributed by atoms with Crippen molar-refractivity contribution in [3.05, 3.63) is 35.9 Å². The Kier molecular flexibility index (Phi) is 11.1. The summed E-state index contributed by atoms with van der Waals surface area (Å²) < 4.78 is 0. The Morgan fingerprint density at radius 1 is 1.00 bits per heavy atom. The number of carboxylic acids is 1. The van der Waals surface area contributed by atoms with Crippen molar-refractivity contribution in [3.63, 3.8) is 0 Å². The average Bonchev–Trinajstić information content (AvgIpc) is 2.71. The van der Waals surface area contributed by atoms with Gasteiger partial charge in [-0.15, -0.1) is 0 Å². The highest BCUT2D eigenvalue weighted by atomic mass is 16.4. The van der Waals surface area contributed by atoms with E-state index in [0.29, 0.717) is 19.4 Å². The lowest BCUT2D eigenvalue weighted by atomic mass is 10.0. The third-order valence-electron chi connectivity index (χ3n) is 4.33. The van der Waals surface area contributed by atoms with E-state index < -0.39 is 48.4 Å². The molecule has 0 radical (unpaired) electrons. The van der Waals surface area contributed by atoms with E-state index in [9.17, 15) is 24.3 Å². The number of hydrogen-bond donors (Lipinski definition) is 6. The van der Waals surface area contributed by atoms with E-state index in [2.05, 4.69) is 16.0 Å². The average molecular weight is 421 g/mol. The summed E-state index contributed by atoms with van der Waals surface area (Å²) in [6.07, 6.45) is 1.66. The minimum atomic E-state index is -1.15. The highest BCUT2D eigenvalue weighted by Gasteiger charge is 2.24. The monoisotopic (exact) mass is 421 g/mol. The van der Waals surface area contributed by atoms with E-state index in [4.69, 9.17) is 11.5 Å². The lowest BCUT2D eigenvalue weighted by Gasteiger charge is -2.20. The molecule has 0 saturated carbocycles. The van der Waals surface area contributed by atoms with Gasteiger partial charge >= 0.3 is 5.97 Å². The summed E-state index contributed by atoms with van der Waals surface area (Å²) in [6.45, 7) is 1.52. The summed E-state index contributed by atoms with van der Waals surface area (Å²) in [5, 5.41) is 16.6. The first-order valence-corrected chi connectivity index (χ1v) is 9.84. The summed E-state index contributed by atoms with van der Waals surface area (Å²) in [6, 6.07) is 6.27. The van der Waals surface area contributed by atoms with Crippen LogP contribution < -0.4 is 27.4 Å². The molecule has 3 unspecified atom stereocenters. The van der Waals surface area contributed by atoms with Crippen LogP contribution in [0.2, 0.25) is 0 Å². The van der Waals surface area contributed by atoms with Crippen molar-refractivity contribution < 1.29 is 24.3 Å². The predicted octanol–water partition coefficient (Wildman–Crippen LogP) is -1.12. The lowest BCUT2D eigenvalue weighted by Crippen LogP contribution is -2.53. The van der Waals surface area contributed by atoms with E-state index in [0.717, 1.165) is 5.56 Å². The number of amides is 3. The van der Waals surface area contributed by atoms with E-state index in [1.807, 2.05) is 30.3 Å². The number of hydrogen-bond acceptors (Lipinski definition) is 6. The molecular weight excluding hydrogens is 390 g/mol. The Labute approximate surface area is 175 Å². The molecule has 1 aromatic rings. The van der Waals surface area contributed by atoms with Crippen molar-refractivity contribution in [2.45, 2.75) is 50.7 Å². The van der Waals surface area contributed by atoms with Crippen molar-refractivity contribution in [1.82, 2.24) is 16.0 Å². The maximum Gasteiger partial charge on any atom is 0.326 e. The number of nitrogens with two attached hydrogens (primary N) is 2. The topological polar surface area (TPSA) is 177 Å². The summed E-state index contributed by atoms with van der Waals surface area (Å²) in [4.78, 5) is 47.9. The van der Waals surface area contributed by atoms with E-state index in [1.54, 1.807) is 0 Å². The number of unbranched alkanes of at least 4 members (excludes halogenated alkanes) is 1. The third-order valence-corrected chi connectivity index (χ3v) is 4.33. The van der Waals surface area contributed by atoms with Crippen LogP contribution in [0.15, 0.2) is 30.3 Å². The number of rotatable bonds is 13. The highest BCUT2D eigenvalue weighted by molar-refractivity contribution is 5.92. The molecule has 0 aliphatic rings. The Hall–Kier alpha value is -2.98. The van der Waals surface area contributed by atoms with Crippen molar-refractivity contribution in [1.29, 1.82) is 0 Å². The van der Waals surface area contributed by atoms with Gasteiger partial charge in [-0.05, 0) is 38.3 Å². The fourth-order valence-electron chi connectivity index (χ4n) is 2.65. The zero-order valence-corrected chi connectivity index (χ0v) is 17.1. The van der Waals surface area contributed by atoms with Gasteiger partial charge in [-0.3, -0.25) is 14.4 Å². The Balaban J connectivity index is 2.67. The van der Waals surface area contributed by atoms with E-state index in [1.165, 1.54) is 6.92 Å². The zero-order valence-electron chi connectivity index (χ0n) is 17.1. The van der Waals surface area contributed by atoms with Crippen molar-refractivity contribution in [2.75, 3.05) is 13.1 Å². The van der Waals surface area contributed by atoms with Gasteiger partial charge in [0.1, 0.15) is 12.1 Å². The molecule has 3 atom stereocenters. The van der Waals surface area contributed by atoms with Crippen LogP contribution in [0.3, 0.4) is 0 Å². The van der Waals surface area contributed by atoms with Crippen LogP contribution >= 0.6 is 0 Å². The zero-order chi connectivity index (χ0) is 22.5. The summed E-state index contributed by atoms with van der Waals surface area (Å²) >= 11 is 0. The molecule has 1 rings (SSSR count). The standard InChI is InChI=1S/C20H31N5O5/c1-13(22)18(27)25-16(11-14-7-3-2-4-8-14)19(28)23-12-17(26)24-15(20(29)30)9-5-6-10-21/h2-4,7-8,13,15-16H,5-6,9-12,21-22H2,1H3,(H,23,28)(H,24,26)(H,25,27)(H,29,30). The SMILES string of the molecule is CC(N)C(=O)NC(Cc1ccccc1)C(=O)NCC(=O)NC(CCCCN)C(=O)O. The molecule has 0 aliphatic heterocycles. The van der Waals surface area contributed by atoms with Crippen LogP contribution in [0.5, 0.6) is 0 Å². The molecule has 0 aromatic heterocycles. The summed E-state index contributed by atoms with van der Waals surface area (Å²) in [7, 11) is 0. The Morgan fingerprint density at radius 3 is 2.23 bits per heavy atom. The van der Waals surface area contributed by atoms with E-state index >= 15 is 0 Å². The Bertz CT molecular complexity index is 711. The smallest absolute Gasteiger partial charge is 0.326 e. The number of benzene rings is 1. The highest BCUT2D eigenvalue weighted by Crippen LogP contribution is 2.04. The van der Waals surface area contributed by atoms with Crippen molar-refractivity contribution >= 4 is 23.7 Å². The second kappa shape index (κ2) is 13.3. The van der Waals surface area contributed by atoms with Crippen LogP contribution in [0.25, 0.3) is 0 Å². The maximum atomic E-state index is 12.6. The molecule has 0 heterocycles. The van der Waals surface area contributed by atoms with Crippen molar-refractivity contribution in [2.24, 2.45) is 11.5 Å². The fraction of sp³-hybridized carbons (Fsp3) is 0.500. The predicted molar refractivity (Wildman–Crippen MR) is 111 cm³/mol. The normalized spacial score (nSPS) is 13.6. The molecule has 166 valence electrons. The molecule has 0 saturated heterocycles. The van der Waals surface area contributed by atoms with Crippen LogP contribution in [0, 0.1) is 0 Å². The van der Waals surface area contributed by atoms with Crippen LogP contribution in [-0.4, -0.2) is 60.0 Å². The molecule has 30 heavy (non-hydrogen) atoms. The molecule has 10 nitrogen and oxygen atoms in total. The molecular formula is C20H31N5O5. The van der Waals surface area contributed by atoms with Gasteiger partial charge in [0, 0.05) is 6.42 Å². The van der Waals surface area contributed by atoms with Gasteiger partial charge in [0.2, 0.25) is 17.7 Å². The molecule has 0 spiro atoms. The third kappa shape index (κ3) is 9.48. The van der Waals surface area contributed by atoms with Gasteiger partial charge in [0.15, 0.2) is 0 Å². The second-order valence-electron chi connectivity index (χ2n) is 7.00. The maximum absolute atomic E-state index is 12.6. The van der Waals surface area contributed by atoms with Crippen LogP contribution in [0.1, 0.15) is 31.7 Å². The van der Waals surface area contributed by atoms with Crippen LogP contribution in [-0.2, 0) is 25.6 Å². The van der Waals surface area contributed by atoms with Crippen molar-refractivity contribution in [3.8, 4) is 0 Å². The number of aliphatic carboxylic acids is 1. The minimum Gasteiger partial charge on any atom is -0.480 e. The quantitative estimate of drug-likeness (QED) is 0.218. The first kappa shape index (κ1) is 25.1. The van der Waals surface area contributed by atoms with Gasteiger partial charge in [-0.2, -0.15) is 0 Å². The number of carbonyl (C=O) groups is 4. The van der Waals surface area contributed by atoms with Gasteiger partial charge in [-0.25, -0.2) is 4.79 Å². The summed E-state index contributed by atoms with van der Waals surface area (Å²) in [5.41, 5.74) is 11.8. The Morgan fingerprint density at radius 2 is 1.67 bits per heavy atom. The largest absolute Gasteiger partial charge is 0.480 e. The van der Waals surface area contributed by atoms with Gasteiger partial charge in [0.05, 0.1) is 12.6 Å². The van der Waals surface area contributed by atoms with Gasteiger partial charge in [0.25, 0.3) is 0 Å². The molecule has 0 aliphatic carbocycles. The fourth-order valence-corrected chi connectivity index (χ4v) is 2.65. The second-order valence-corrected chi connectivity index (χ2v) is 7.00. The molecule has 3 amide bonds. The molecule has 0 fully saturated rings. The van der Waals surface area contributed by atoms with E-state index in [-0.39, 0.29) is 12.8 Å². The number of carboxylic acid groups (broad SMARTS) is 1. The molecule has 1 aromatic carbocycles. The molecule has 0 bridgehead atoms. The first-order chi connectivity index (χ1) is 14.2. The molecule has 8 N–H and O–H groups in total. The van der Waals surface area contributed by atoms with Gasteiger partial charge < -0.3 is 32.5 Å². The number of nitrogens with one attached hydrogen (secondary N) is 3. The summed E-state index contributed by atoms with van der Waals surface area (Å²) in [5.74, 6) is -2.86. The number of carbonyl (C=O) groups excluding carboxylic acids is 3.